The van der Waals surface area contributed by atoms with E-state index in [1.807, 2.05) is 18.2 Å². The Morgan fingerprint density at radius 3 is 2.69 bits per heavy atom. The van der Waals surface area contributed by atoms with Crippen molar-refractivity contribution in [2.75, 3.05) is 5.75 Å². The lowest BCUT2D eigenvalue weighted by Gasteiger charge is -2.29. The van der Waals surface area contributed by atoms with E-state index in [1.54, 1.807) is 16.7 Å². The maximum Gasteiger partial charge on any atom is 0.262 e. The fraction of sp³-hybridized carbons (Fsp3) is 0.320. The van der Waals surface area contributed by atoms with Crippen LogP contribution >= 0.6 is 23.4 Å². The Labute approximate surface area is 215 Å². The number of nitrogens with zero attached hydrogens (tertiary/aromatic N) is 4. The molecule has 2 aromatic heterocycles. The van der Waals surface area contributed by atoms with Crippen LogP contribution in [0.5, 0.6) is 0 Å². The van der Waals surface area contributed by atoms with Gasteiger partial charge in [-0.15, -0.1) is 10.2 Å². The highest BCUT2D eigenvalue weighted by molar-refractivity contribution is 7.99. The van der Waals surface area contributed by atoms with Gasteiger partial charge < -0.3 is 10.2 Å². The molecule has 11 heteroatoms. The van der Waals surface area contributed by atoms with Crippen LogP contribution in [0.25, 0.3) is 22.4 Å². The highest BCUT2D eigenvalue weighted by atomic mass is 35.5. The van der Waals surface area contributed by atoms with Gasteiger partial charge in [-0.05, 0) is 56.0 Å². The predicted molar refractivity (Wildman–Crippen MR) is 135 cm³/mol. The molecule has 186 valence electrons. The number of hydrogen-bond acceptors (Lipinski definition) is 7. The molecule has 1 saturated carbocycles. The van der Waals surface area contributed by atoms with Crippen molar-refractivity contribution in [3.05, 3.63) is 69.5 Å². The lowest BCUT2D eigenvalue weighted by atomic mass is 9.86. The topological polar surface area (TPSA) is 117 Å². The lowest BCUT2D eigenvalue weighted by molar-refractivity contribution is -0.117. The molecule has 0 saturated heterocycles. The van der Waals surface area contributed by atoms with E-state index in [2.05, 4.69) is 10.2 Å². The van der Waals surface area contributed by atoms with E-state index < -0.39 is 5.82 Å². The second kappa shape index (κ2) is 10.4. The molecule has 0 aliphatic heterocycles. The number of rotatable bonds is 7. The predicted octanol–water partition coefficient (Wildman–Crippen LogP) is 5.11. The van der Waals surface area contributed by atoms with Crippen molar-refractivity contribution in [3.8, 4) is 11.5 Å². The van der Waals surface area contributed by atoms with Crippen molar-refractivity contribution < 1.29 is 13.6 Å². The van der Waals surface area contributed by atoms with Crippen LogP contribution in [0.1, 0.15) is 50.0 Å². The Morgan fingerprint density at radius 1 is 1.17 bits per heavy atom. The van der Waals surface area contributed by atoms with Crippen molar-refractivity contribution in [1.82, 2.24) is 19.7 Å². The number of aromatic nitrogens is 4. The fourth-order valence-electron chi connectivity index (χ4n) is 4.52. The number of halogens is 2. The number of carbonyl (C=O) groups is 1. The van der Waals surface area contributed by atoms with E-state index in [0.29, 0.717) is 33.3 Å². The summed E-state index contributed by atoms with van der Waals surface area (Å²) < 4.78 is 21.1. The molecule has 2 N–H and O–H groups in total. The summed E-state index contributed by atoms with van der Waals surface area (Å²) in [6.07, 6.45) is 3.17. The van der Waals surface area contributed by atoms with Crippen molar-refractivity contribution in [2.24, 2.45) is 5.73 Å². The Hall–Kier alpha value is -3.24. The van der Waals surface area contributed by atoms with E-state index in [0.717, 1.165) is 25.7 Å². The summed E-state index contributed by atoms with van der Waals surface area (Å²) in [6.45, 7) is 0. The zero-order valence-corrected chi connectivity index (χ0v) is 20.8. The maximum atomic E-state index is 13.5. The van der Waals surface area contributed by atoms with Crippen molar-refractivity contribution in [1.29, 1.82) is 0 Å². The first kappa shape index (κ1) is 24.5. The summed E-state index contributed by atoms with van der Waals surface area (Å²) in [6, 6.07) is 11.5. The lowest BCUT2D eigenvalue weighted by Crippen LogP contribution is -2.30. The van der Waals surface area contributed by atoms with E-state index in [4.69, 9.17) is 26.7 Å². The van der Waals surface area contributed by atoms with E-state index in [1.165, 1.54) is 23.9 Å². The highest BCUT2D eigenvalue weighted by Crippen LogP contribution is 2.39. The maximum absolute atomic E-state index is 13.5. The number of amides is 1. The van der Waals surface area contributed by atoms with Gasteiger partial charge in [0.2, 0.25) is 17.7 Å². The zero-order chi connectivity index (χ0) is 25.2. The van der Waals surface area contributed by atoms with Gasteiger partial charge in [-0.3, -0.25) is 14.2 Å². The van der Waals surface area contributed by atoms with Crippen LogP contribution in [0.4, 0.5) is 4.39 Å². The first-order valence-electron chi connectivity index (χ1n) is 11.6. The Balaban J connectivity index is 1.36. The van der Waals surface area contributed by atoms with Gasteiger partial charge in [0.05, 0.1) is 15.9 Å². The van der Waals surface area contributed by atoms with Gasteiger partial charge in [0.25, 0.3) is 5.56 Å². The zero-order valence-electron chi connectivity index (χ0n) is 19.2. The van der Waals surface area contributed by atoms with Crippen LogP contribution in [0.15, 0.2) is 56.8 Å². The van der Waals surface area contributed by atoms with Gasteiger partial charge in [-0.25, -0.2) is 9.37 Å². The van der Waals surface area contributed by atoms with Crippen LogP contribution in [-0.2, 0) is 4.79 Å². The summed E-state index contributed by atoms with van der Waals surface area (Å²) in [7, 11) is 0. The molecule has 36 heavy (non-hydrogen) atoms. The molecule has 0 unspecified atom stereocenters. The third kappa shape index (κ3) is 5.01. The number of fused-ring (bicyclic) bond motifs is 1. The summed E-state index contributed by atoms with van der Waals surface area (Å²) >= 11 is 7.25. The molecule has 0 bridgehead atoms. The molecule has 2 aromatic carbocycles. The average molecular weight is 528 g/mol. The average Bonchev–Trinajstić information content (AvgIpc) is 3.36. The van der Waals surface area contributed by atoms with Crippen molar-refractivity contribution in [3.63, 3.8) is 0 Å². The minimum atomic E-state index is -0.510. The number of benzene rings is 2. The van der Waals surface area contributed by atoms with E-state index in [9.17, 15) is 14.0 Å². The van der Waals surface area contributed by atoms with E-state index in [-0.39, 0.29) is 40.8 Å². The molecular weight excluding hydrogens is 505 g/mol. The monoisotopic (exact) mass is 527 g/mol. The standard InChI is InChI=1S/C25H23ClFN5O3S/c26-18-13-15(7-10-19(18)27)23-31-30-22(35-23)14-5-8-16(9-6-14)32-24(34)17-3-1-2-4-20(17)29-25(32)36-12-11-21(28)33/h1-4,7,10,13-14,16H,5-6,8-9,11-12H2,(H2,28,33). The number of thioether (sulfide) groups is 1. The minimum absolute atomic E-state index is 0.00769. The molecule has 0 spiro atoms. The van der Waals surface area contributed by atoms with Gasteiger partial charge in [-0.2, -0.15) is 0 Å². The number of para-hydroxylation sites is 1. The minimum Gasteiger partial charge on any atom is -0.420 e. The first-order chi connectivity index (χ1) is 17.4. The quantitative estimate of drug-likeness (QED) is 0.262. The first-order valence-corrected chi connectivity index (χ1v) is 13.0. The third-order valence-corrected chi connectivity index (χ3v) is 7.62. The fourth-order valence-corrected chi connectivity index (χ4v) is 5.72. The molecular formula is C25H23ClFN5O3S. The van der Waals surface area contributed by atoms with Gasteiger partial charge in [0.15, 0.2) is 5.16 Å². The molecule has 1 aliphatic carbocycles. The van der Waals surface area contributed by atoms with Crippen LogP contribution in [-0.4, -0.2) is 31.4 Å². The smallest absolute Gasteiger partial charge is 0.262 e. The number of nitrogens with two attached hydrogens (primary N) is 1. The SMILES string of the molecule is NC(=O)CCSc1nc2ccccc2c(=O)n1C1CCC(c2nnc(-c3ccc(F)c(Cl)c3)o2)CC1. The Morgan fingerprint density at radius 2 is 1.94 bits per heavy atom. The largest absolute Gasteiger partial charge is 0.420 e. The van der Waals surface area contributed by atoms with Crippen LogP contribution in [0, 0.1) is 5.82 Å². The molecule has 8 nitrogen and oxygen atoms in total. The summed E-state index contributed by atoms with van der Waals surface area (Å²) in [5.74, 6) is 0.409. The van der Waals surface area contributed by atoms with Gasteiger partial charge in [0.1, 0.15) is 5.82 Å². The van der Waals surface area contributed by atoms with Gasteiger partial charge in [0, 0.05) is 29.7 Å². The number of hydrogen-bond donors (Lipinski definition) is 1. The molecule has 1 fully saturated rings. The summed E-state index contributed by atoms with van der Waals surface area (Å²) in [4.78, 5) is 29.4. The molecule has 1 aliphatic rings. The molecule has 0 atom stereocenters. The second-order valence-electron chi connectivity index (χ2n) is 8.73. The van der Waals surface area contributed by atoms with Crippen LogP contribution in [0.3, 0.4) is 0 Å². The van der Waals surface area contributed by atoms with E-state index >= 15 is 0 Å². The van der Waals surface area contributed by atoms with Crippen molar-refractivity contribution >= 4 is 40.2 Å². The van der Waals surface area contributed by atoms with Crippen LogP contribution < -0.4 is 11.3 Å². The molecule has 0 radical (unpaired) electrons. The number of primary amides is 1. The second-order valence-corrected chi connectivity index (χ2v) is 10.2. The Kier molecular flexibility index (Phi) is 7.06. The molecule has 4 aromatic rings. The molecule has 1 amide bonds. The van der Waals surface area contributed by atoms with Crippen LogP contribution in [0.2, 0.25) is 5.02 Å². The summed E-state index contributed by atoms with van der Waals surface area (Å²) in [5.41, 5.74) is 6.40. The van der Waals surface area contributed by atoms with Gasteiger partial charge >= 0.3 is 0 Å². The third-order valence-electron chi connectivity index (χ3n) is 6.37. The summed E-state index contributed by atoms with van der Waals surface area (Å²) in [5, 5.41) is 9.49. The Bertz CT molecular complexity index is 1480. The van der Waals surface area contributed by atoms with Gasteiger partial charge in [-0.1, -0.05) is 35.5 Å². The normalized spacial score (nSPS) is 17.9. The number of carbonyl (C=O) groups excluding carboxylic acids is 1. The molecule has 2 heterocycles. The molecule has 5 rings (SSSR count). The highest BCUT2D eigenvalue weighted by Gasteiger charge is 2.30. The van der Waals surface area contributed by atoms with Crippen molar-refractivity contribution in [2.45, 2.75) is 49.2 Å².